The van der Waals surface area contributed by atoms with Crippen molar-refractivity contribution in [2.75, 3.05) is 6.54 Å². The molecule has 1 aromatic heterocycles. The van der Waals surface area contributed by atoms with Crippen LogP contribution in [0.15, 0.2) is 23.5 Å². The van der Waals surface area contributed by atoms with Crippen molar-refractivity contribution in [2.45, 2.75) is 52.1 Å². The van der Waals surface area contributed by atoms with Crippen LogP contribution in [0.1, 0.15) is 39.9 Å². The molecule has 1 aliphatic rings. The Morgan fingerprint density at radius 3 is 2.44 bits per heavy atom. The molecule has 144 valence electrons. The van der Waals surface area contributed by atoms with Crippen molar-refractivity contribution >= 4 is 15.9 Å². The van der Waals surface area contributed by atoms with E-state index in [-0.39, 0.29) is 18.9 Å². The normalized spacial score (nSPS) is 13.7. The number of fused-ring (bicyclic) bond motifs is 1. The molecule has 3 rings (SSSR count). The van der Waals surface area contributed by atoms with Gasteiger partial charge in [-0.25, -0.2) is 23.1 Å². The fourth-order valence-electron chi connectivity index (χ4n) is 3.38. The number of rotatable bonds is 5. The van der Waals surface area contributed by atoms with Crippen LogP contribution in [-0.2, 0) is 27.9 Å². The highest BCUT2D eigenvalue weighted by molar-refractivity contribution is 7.89. The number of nitrogens with one attached hydrogen (secondary N) is 1. The minimum absolute atomic E-state index is 0.0611. The Hall–Kier alpha value is -2.32. The molecule has 0 fully saturated rings. The number of aromatic nitrogens is 2. The third-order valence-electron chi connectivity index (χ3n) is 5.13. The van der Waals surface area contributed by atoms with E-state index >= 15 is 0 Å². The fourth-order valence-corrected chi connectivity index (χ4v) is 5.03. The van der Waals surface area contributed by atoms with Gasteiger partial charge in [-0.15, -0.1) is 0 Å². The highest BCUT2D eigenvalue weighted by Gasteiger charge is 2.25. The van der Waals surface area contributed by atoms with E-state index < -0.39 is 10.0 Å². The van der Waals surface area contributed by atoms with Crippen molar-refractivity contribution in [3.05, 3.63) is 52.1 Å². The third kappa shape index (κ3) is 3.86. The van der Waals surface area contributed by atoms with Gasteiger partial charge in [0.1, 0.15) is 6.33 Å². The molecule has 7 nitrogen and oxygen atoms in total. The predicted molar refractivity (Wildman–Crippen MR) is 101 cm³/mol. The van der Waals surface area contributed by atoms with Gasteiger partial charge in [0, 0.05) is 31.3 Å². The van der Waals surface area contributed by atoms with Gasteiger partial charge in [-0.3, -0.25) is 4.79 Å². The second kappa shape index (κ2) is 7.36. The van der Waals surface area contributed by atoms with E-state index in [2.05, 4.69) is 14.7 Å². The molecule has 1 amide bonds. The molecule has 0 aliphatic carbocycles. The first-order valence-corrected chi connectivity index (χ1v) is 10.3. The van der Waals surface area contributed by atoms with Crippen LogP contribution < -0.4 is 4.72 Å². The van der Waals surface area contributed by atoms with Crippen LogP contribution in [0.3, 0.4) is 0 Å². The molecule has 0 bridgehead atoms. The number of carbonyl (C=O) groups is 1. The summed E-state index contributed by atoms with van der Waals surface area (Å²) in [6.45, 7) is 8.39. The summed E-state index contributed by atoms with van der Waals surface area (Å²) < 4.78 is 28.2. The molecule has 0 atom stereocenters. The molecule has 27 heavy (non-hydrogen) atoms. The van der Waals surface area contributed by atoms with Crippen LogP contribution in [0.25, 0.3) is 0 Å². The maximum absolute atomic E-state index is 12.8. The summed E-state index contributed by atoms with van der Waals surface area (Å²) in [5.74, 6) is -0.107. The summed E-state index contributed by atoms with van der Waals surface area (Å²) in [6.07, 6.45) is 3.28. The summed E-state index contributed by atoms with van der Waals surface area (Å²) in [5, 5.41) is 0. The van der Waals surface area contributed by atoms with E-state index in [1.54, 1.807) is 11.1 Å². The van der Waals surface area contributed by atoms with Gasteiger partial charge in [0.25, 0.3) is 0 Å². The maximum Gasteiger partial charge on any atom is 0.241 e. The third-order valence-corrected chi connectivity index (χ3v) is 6.87. The number of sulfonamides is 1. The number of hydrogen-bond acceptors (Lipinski definition) is 5. The van der Waals surface area contributed by atoms with Crippen LogP contribution in [0.4, 0.5) is 0 Å². The second-order valence-electron chi connectivity index (χ2n) is 6.98. The lowest BCUT2D eigenvalue weighted by Gasteiger charge is -2.17. The smallest absolute Gasteiger partial charge is 0.241 e. The van der Waals surface area contributed by atoms with Crippen molar-refractivity contribution in [3.63, 3.8) is 0 Å². The second-order valence-corrected chi connectivity index (χ2v) is 8.69. The van der Waals surface area contributed by atoms with Crippen LogP contribution in [0, 0.1) is 27.7 Å². The van der Waals surface area contributed by atoms with Crippen molar-refractivity contribution in [3.8, 4) is 0 Å². The van der Waals surface area contributed by atoms with E-state index in [1.807, 2.05) is 33.8 Å². The summed E-state index contributed by atoms with van der Waals surface area (Å²) in [5.41, 5.74) is 5.14. The molecule has 0 unspecified atom stereocenters. The summed E-state index contributed by atoms with van der Waals surface area (Å²) in [6, 6.07) is 1.99. The molecule has 8 heteroatoms. The molecular weight excluding hydrogens is 364 g/mol. The van der Waals surface area contributed by atoms with Crippen LogP contribution >= 0.6 is 0 Å². The van der Waals surface area contributed by atoms with Gasteiger partial charge in [-0.1, -0.05) is 6.07 Å². The molecule has 1 aliphatic heterocycles. The molecule has 1 N–H and O–H groups in total. The Kier molecular flexibility index (Phi) is 5.30. The molecular formula is C19H24N4O3S. The maximum atomic E-state index is 12.8. The van der Waals surface area contributed by atoms with Gasteiger partial charge < -0.3 is 4.90 Å². The van der Waals surface area contributed by atoms with Gasteiger partial charge in [0.15, 0.2) is 0 Å². The Balaban J connectivity index is 1.65. The quantitative estimate of drug-likeness (QED) is 0.845. The van der Waals surface area contributed by atoms with E-state index in [1.165, 1.54) is 6.33 Å². The monoisotopic (exact) mass is 388 g/mol. The topological polar surface area (TPSA) is 92.3 Å². The molecule has 1 aromatic carbocycles. The van der Waals surface area contributed by atoms with Crippen molar-refractivity contribution in [1.82, 2.24) is 19.6 Å². The Morgan fingerprint density at radius 1 is 1.15 bits per heavy atom. The first-order chi connectivity index (χ1) is 12.7. The lowest BCUT2D eigenvalue weighted by atomic mass is 10.0. The van der Waals surface area contributed by atoms with Gasteiger partial charge in [0.2, 0.25) is 15.9 Å². The van der Waals surface area contributed by atoms with Crippen molar-refractivity contribution < 1.29 is 13.2 Å². The number of nitrogens with zero attached hydrogens (tertiary/aromatic N) is 3. The minimum atomic E-state index is -3.68. The average Bonchev–Trinajstić information content (AvgIpc) is 3.04. The summed E-state index contributed by atoms with van der Waals surface area (Å²) >= 11 is 0. The standard InChI is InChI=1S/C19H24N4O3S/c1-12-7-13(2)15(4)19(14(12)3)27(25,26)22-6-5-18(24)23-9-16-8-20-11-21-17(16)10-23/h7-8,11,22H,5-6,9-10H2,1-4H3. The van der Waals surface area contributed by atoms with Crippen LogP contribution in [0.5, 0.6) is 0 Å². The van der Waals surface area contributed by atoms with Crippen LogP contribution in [-0.4, -0.2) is 35.7 Å². The first-order valence-electron chi connectivity index (χ1n) is 8.83. The van der Waals surface area contributed by atoms with Crippen molar-refractivity contribution in [1.29, 1.82) is 0 Å². The summed E-state index contributed by atoms with van der Waals surface area (Å²) in [4.78, 5) is 22.5. The zero-order chi connectivity index (χ0) is 19.8. The number of benzene rings is 1. The zero-order valence-electron chi connectivity index (χ0n) is 16.0. The molecule has 2 aromatic rings. The highest BCUT2D eigenvalue weighted by Crippen LogP contribution is 2.26. The number of carbonyl (C=O) groups excluding carboxylic acids is 1. The molecule has 0 radical (unpaired) electrons. The SMILES string of the molecule is Cc1cc(C)c(C)c(S(=O)(=O)NCCC(=O)N2Cc3cncnc3C2)c1C. The van der Waals surface area contributed by atoms with Gasteiger partial charge in [-0.2, -0.15) is 0 Å². The number of hydrogen-bond donors (Lipinski definition) is 1. The van der Waals surface area contributed by atoms with E-state index in [9.17, 15) is 13.2 Å². The Bertz CT molecular complexity index is 951. The summed E-state index contributed by atoms with van der Waals surface area (Å²) in [7, 11) is -3.68. The lowest BCUT2D eigenvalue weighted by Crippen LogP contribution is -2.32. The van der Waals surface area contributed by atoms with Crippen molar-refractivity contribution in [2.24, 2.45) is 0 Å². The van der Waals surface area contributed by atoms with Gasteiger partial charge in [-0.05, 0) is 49.9 Å². The number of aryl methyl sites for hydroxylation is 2. The first kappa shape index (κ1) is 19.4. The average molecular weight is 388 g/mol. The fraction of sp³-hybridized carbons (Fsp3) is 0.421. The Morgan fingerprint density at radius 2 is 1.81 bits per heavy atom. The zero-order valence-corrected chi connectivity index (χ0v) is 16.9. The van der Waals surface area contributed by atoms with E-state index in [4.69, 9.17) is 0 Å². The molecule has 0 spiro atoms. The number of amides is 1. The molecule has 0 saturated heterocycles. The lowest BCUT2D eigenvalue weighted by molar-refractivity contribution is -0.131. The predicted octanol–water partition coefficient (Wildman–Crippen LogP) is 1.92. The largest absolute Gasteiger partial charge is 0.332 e. The van der Waals surface area contributed by atoms with Gasteiger partial charge >= 0.3 is 0 Å². The molecule has 0 saturated carbocycles. The van der Waals surface area contributed by atoms with Gasteiger partial charge in [0.05, 0.1) is 17.1 Å². The molecule has 2 heterocycles. The van der Waals surface area contributed by atoms with E-state index in [0.717, 1.165) is 33.5 Å². The minimum Gasteiger partial charge on any atom is -0.332 e. The Labute approximate surface area is 159 Å². The van der Waals surface area contributed by atoms with Crippen LogP contribution in [0.2, 0.25) is 0 Å². The van der Waals surface area contributed by atoms with E-state index in [0.29, 0.717) is 18.0 Å². The highest BCUT2D eigenvalue weighted by atomic mass is 32.2.